The summed E-state index contributed by atoms with van der Waals surface area (Å²) in [7, 11) is 1.60. The lowest BCUT2D eigenvalue weighted by molar-refractivity contribution is -0.137. The van der Waals surface area contributed by atoms with Crippen LogP contribution >= 0.6 is 0 Å². The Labute approximate surface area is 192 Å². The summed E-state index contributed by atoms with van der Waals surface area (Å²) >= 11 is 0. The van der Waals surface area contributed by atoms with Crippen molar-refractivity contribution in [2.24, 2.45) is 0 Å². The van der Waals surface area contributed by atoms with E-state index >= 15 is 0 Å². The van der Waals surface area contributed by atoms with E-state index in [0.717, 1.165) is 19.2 Å². The van der Waals surface area contributed by atoms with Gasteiger partial charge in [-0.2, -0.15) is 13.2 Å². The van der Waals surface area contributed by atoms with Gasteiger partial charge >= 0.3 is 6.18 Å². The molecule has 2 aromatic carbocycles. The predicted molar refractivity (Wildman–Crippen MR) is 121 cm³/mol. The number of nitrogens with zero attached hydrogens (tertiary/aromatic N) is 3. The van der Waals surface area contributed by atoms with Crippen LogP contribution in [0.25, 0.3) is 0 Å². The van der Waals surface area contributed by atoms with Crippen LogP contribution < -0.4 is 5.32 Å². The molecule has 1 atom stereocenters. The summed E-state index contributed by atoms with van der Waals surface area (Å²) < 4.78 is 39.3. The van der Waals surface area contributed by atoms with Crippen LogP contribution in [0.2, 0.25) is 0 Å². The lowest BCUT2D eigenvalue weighted by Crippen LogP contribution is -2.51. The van der Waals surface area contributed by atoms with Crippen molar-refractivity contribution in [2.75, 3.05) is 51.6 Å². The van der Waals surface area contributed by atoms with Crippen LogP contribution in [0.5, 0.6) is 0 Å². The van der Waals surface area contributed by atoms with E-state index in [1.165, 1.54) is 28.7 Å². The average molecular weight is 463 g/mol. The molecule has 33 heavy (non-hydrogen) atoms. The molecule has 1 N–H and O–H groups in total. The zero-order valence-electron chi connectivity index (χ0n) is 18.8. The molecule has 6 nitrogen and oxygen atoms in total. The van der Waals surface area contributed by atoms with Crippen LogP contribution in [0.15, 0.2) is 54.6 Å². The maximum Gasteiger partial charge on any atom is 0.418 e. The molecular weight excluding hydrogens is 433 g/mol. The monoisotopic (exact) mass is 462 g/mol. The minimum Gasteiger partial charge on any atom is -0.339 e. The number of hydrogen-bond donors (Lipinski definition) is 1. The number of benzene rings is 2. The second-order valence-electron chi connectivity index (χ2n) is 8.27. The Morgan fingerprint density at radius 1 is 0.970 bits per heavy atom. The first-order valence-corrected chi connectivity index (χ1v) is 10.9. The average Bonchev–Trinajstić information content (AvgIpc) is 2.78. The molecule has 0 aliphatic carbocycles. The lowest BCUT2D eigenvalue weighted by atomic mass is 10.1. The van der Waals surface area contributed by atoms with Crippen LogP contribution in [0, 0.1) is 0 Å². The number of alkyl halides is 3. The number of carbonyl (C=O) groups excluding carboxylic acids is 2. The molecule has 1 fully saturated rings. The highest BCUT2D eigenvalue weighted by Gasteiger charge is 2.33. The molecule has 178 valence electrons. The molecule has 0 bridgehead atoms. The molecule has 1 heterocycles. The molecule has 0 aromatic heterocycles. The molecule has 0 spiro atoms. The number of hydrogen-bond acceptors (Lipinski definition) is 4. The number of nitrogens with one attached hydrogen (secondary N) is 1. The van der Waals surface area contributed by atoms with Gasteiger partial charge in [-0.1, -0.05) is 42.5 Å². The third kappa shape index (κ3) is 6.79. The molecule has 0 radical (unpaired) electrons. The van der Waals surface area contributed by atoms with Crippen molar-refractivity contribution >= 4 is 17.5 Å². The van der Waals surface area contributed by atoms with Gasteiger partial charge in [0.2, 0.25) is 11.8 Å². The number of para-hydroxylation sites is 1. The van der Waals surface area contributed by atoms with Crippen LogP contribution in [-0.2, 0) is 15.8 Å². The normalized spacial score (nSPS) is 16.0. The topological polar surface area (TPSA) is 55.9 Å². The van der Waals surface area contributed by atoms with Gasteiger partial charge in [-0.15, -0.1) is 0 Å². The number of rotatable bonds is 7. The highest BCUT2D eigenvalue weighted by Crippen LogP contribution is 2.34. The van der Waals surface area contributed by atoms with Gasteiger partial charge < -0.3 is 10.2 Å². The summed E-state index contributed by atoms with van der Waals surface area (Å²) in [5.74, 6) is -0.712. The molecule has 9 heteroatoms. The van der Waals surface area contributed by atoms with E-state index in [1.54, 1.807) is 11.9 Å². The van der Waals surface area contributed by atoms with Gasteiger partial charge in [-0.3, -0.25) is 19.4 Å². The van der Waals surface area contributed by atoms with Crippen molar-refractivity contribution in [1.82, 2.24) is 14.7 Å². The predicted octanol–water partition coefficient (Wildman–Crippen LogP) is 3.48. The van der Waals surface area contributed by atoms with Crippen molar-refractivity contribution < 1.29 is 22.8 Å². The summed E-state index contributed by atoms with van der Waals surface area (Å²) in [6.45, 7) is 4.66. The number of carbonyl (C=O) groups is 2. The van der Waals surface area contributed by atoms with E-state index in [4.69, 9.17) is 0 Å². The third-order valence-corrected chi connectivity index (χ3v) is 5.82. The van der Waals surface area contributed by atoms with Gasteiger partial charge in [-0.05, 0) is 31.7 Å². The summed E-state index contributed by atoms with van der Waals surface area (Å²) in [4.78, 5) is 30.5. The minimum absolute atomic E-state index is 0.0164. The Morgan fingerprint density at radius 2 is 1.58 bits per heavy atom. The molecule has 3 rings (SSSR count). The Morgan fingerprint density at radius 3 is 2.21 bits per heavy atom. The van der Waals surface area contributed by atoms with E-state index in [1.807, 2.05) is 18.2 Å². The summed E-state index contributed by atoms with van der Waals surface area (Å²) in [6, 6.07) is 15.3. The van der Waals surface area contributed by atoms with E-state index in [2.05, 4.69) is 29.3 Å². The fourth-order valence-corrected chi connectivity index (χ4v) is 3.96. The van der Waals surface area contributed by atoms with Crippen LogP contribution in [-0.4, -0.2) is 72.8 Å². The molecule has 1 aliphatic rings. The second kappa shape index (κ2) is 10.8. The first kappa shape index (κ1) is 24.7. The van der Waals surface area contributed by atoms with Gasteiger partial charge in [0.15, 0.2) is 0 Å². The molecule has 1 aliphatic heterocycles. The quantitative estimate of drug-likeness (QED) is 0.685. The zero-order chi connectivity index (χ0) is 24.0. The van der Waals surface area contributed by atoms with Gasteiger partial charge in [0, 0.05) is 32.2 Å². The fourth-order valence-electron chi connectivity index (χ4n) is 3.96. The van der Waals surface area contributed by atoms with Crippen molar-refractivity contribution in [3.63, 3.8) is 0 Å². The van der Waals surface area contributed by atoms with Gasteiger partial charge in [0.05, 0.1) is 24.3 Å². The maximum atomic E-state index is 13.1. The van der Waals surface area contributed by atoms with Crippen molar-refractivity contribution in [3.8, 4) is 0 Å². The zero-order valence-corrected chi connectivity index (χ0v) is 18.8. The van der Waals surface area contributed by atoms with Crippen molar-refractivity contribution in [3.05, 3.63) is 65.7 Å². The standard InChI is InChI=1S/C24H29F3N4O2/c1-18(19-8-4-3-5-9-19)30-12-14-31(15-13-30)23(33)17-29(2)16-22(32)28-21-11-7-6-10-20(21)24(25,26)27/h3-11,18H,12-17H2,1-2H3,(H,28,32)/t18-/m0/s1. The van der Waals surface area contributed by atoms with E-state index in [0.29, 0.717) is 13.1 Å². The molecule has 2 amide bonds. The second-order valence-corrected chi connectivity index (χ2v) is 8.27. The van der Waals surface area contributed by atoms with E-state index < -0.39 is 17.6 Å². The molecular formula is C24H29F3N4O2. The summed E-state index contributed by atoms with van der Waals surface area (Å²) in [5.41, 5.74) is 0.0354. The van der Waals surface area contributed by atoms with Crippen LogP contribution in [0.1, 0.15) is 24.1 Å². The summed E-state index contributed by atoms with van der Waals surface area (Å²) in [6.07, 6.45) is -4.56. The number of likely N-dealkylation sites (N-methyl/N-ethyl adjacent to an activating group) is 1. The lowest BCUT2D eigenvalue weighted by Gasteiger charge is -2.38. The van der Waals surface area contributed by atoms with Crippen LogP contribution in [0.4, 0.5) is 18.9 Å². The van der Waals surface area contributed by atoms with Crippen molar-refractivity contribution in [2.45, 2.75) is 19.1 Å². The van der Waals surface area contributed by atoms with Crippen molar-refractivity contribution in [1.29, 1.82) is 0 Å². The highest BCUT2D eigenvalue weighted by molar-refractivity contribution is 5.93. The number of halogens is 3. The Kier molecular flexibility index (Phi) is 8.10. The Bertz CT molecular complexity index is 944. The van der Waals surface area contributed by atoms with E-state index in [-0.39, 0.29) is 30.7 Å². The highest BCUT2D eigenvalue weighted by atomic mass is 19.4. The van der Waals surface area contributed by atoms with Crippen LogP contribution in [0.3, 0.4) is 0 Å². The first-order chi connectivity index (χ1) is 15.6. The number of piperazine rings is 1. The summed E-state index contributed by atoms with van der Waals surface area (Å²) in [5, 5.41) is 2.30. The third-order valence-electron chi connectivity index (χ3n) is 5.82. The minimum atomic E-state index is -4.56. The maximum absolute atomic E-state index is 13.1. The number of anilines is 1. The first-order valence-electron chi connectivity index (χ1n) is 10.9. The Balaban J connectivity index is 1.46. The molecule has 1 saturated heterocycles. The largest absolute Gasteiger partial charge is 0.418 e. The molecule has 2 aromatic rings. The smallest absolute Gasteiger partial charge is 0.339 e. The van der Waals surface area contributed by atoms with Gasteiger partial charge in [-0.25, -0.2) is 0 Å². The van der Waals surface area contributed by atoms with E-state index in [9.17, 15) is 22.8 Å². The van der Waals surface area contributed by atoms with Gasteiger partial charge in [0.1, 0.15) is 0 Å². The SMILES string of the molecule is C[C@@H](c1ccccc1)N1CCN(C(=O)CN(C)CC(=O)Nc2ccccc2C(F)(F)F)CC1. The fraction of sp³-hybridized carbons (Fsp3) is 0.417. The molecule has 0 unspecified atom stereocenters. The van der Waals surface area contributed by atoms with Gasteiger partial charge in [0.25, 0.3) is 0 Å². The molecule has 0 saturated carbocycles. The Hall–Kier alpha value is -2.91. The number of amides is 2.